The summed E-state index contributed by atoms with van der Waals surface area (Å²) in [5.74, 6) is -0.361. The topological polar surface area (TPSA) is 93.8 Å². The Kier molecular flexibility index (Phi) is 10.6. The number of nitrogens with two attached hydrogens (primary N) is 1. The Morgan fingerprint density at radius 3 is 2.55 bits per heavy atom. The lowest BCUT2D eigenvalue weighted by molar-refractivity contribution is -0.125. The number of aliphatic hydroxyl groups excluding tert-OH is 1. The molecule has 6 heteroatoms. The second kappa shape index (κ2) is 11.0. The molecule has 0 aromatic rings. The van der Waals surface area contributed by atoms with Gasteiger partial charge in [0, 0.05) is 19.7 Å². The molecule has 0 fully saturated rings. The Morgan fingerprint density at radius 2 is 1.95 bits per heavy atom. The third-order valence-electron chi connectivity index (χ3n) is 2.94. The minimum Gasteiger partial charge on any atom is -0.389 e. The fraction of sp³-hybridized carbons (Fsp3) is 0.929. The molecule has 0 aliphatic carbocycles. The third kappa shape index (κ3) is 10.1. The minimum atomic E-state index is -0.617. The monoisotopic (exact) mass is 290 g/mol. The lowest BCUT2D eigenvalue weighted by Crippen LogP contribution is -2.43. The molecule has 4 N–H and O–H groups in total. The Morgan fingerprint density at radius 1 is 1.30 bits per heavy atom. The average molecular weight is 290 g/mol. The Labute approximate surface area is 122 Å². The van der Waals surface area contributed by atoms with Crippen LogP contribution in [-0.2, 0) is 14.3 Å². The first-order valence-electron chi connectivity index (χ1n) is 7.24. The summed E-state index contributed by atoms with van der Waals surface area (Å²) >= 11 is 0. The Bertz CT molecular complexity index is 260. The first-order valence-corrected chi connectivity index (χ1v) is 7.24. The highest BCUT2D eigenvalue weighted by atomic mass is 16.5. The van der Waals surface area contributed by atoms with E-state index >= 15 is 0 Å². The largest absolute Gasteiger partial charge is 0.389 e. The molecular formula is C14H30N2O4. The van der Waals surface area contributed by atoms with Gasteiger partial charge in [-0.15, -0.1) is 0 Å². The fourth-order valence-electron chi connectivity index (χ4n) is 1.38. The van der Waals surface area contributed by atoms with Gasteiger partial charge >= 0.3 is 0 Å². The number of hydrogen-bond donors (Lipinski definition) is 3. The average Bonchev–Trinajstić information content (AvgIpc) is 2.37. The number of unbranched alkanes of at least 4 members (excludes halogenated alkanes) is 1. The van der Waals surface area contributed by atoms with E-state index in [-0.39, 0.29) is 12.5 Å². The second-order valence-electron chi connectivity index (χ2n) is 5.57. The number of carbonyl (C=O) groups is 1. The van der Waals surface area contributed by atoms with Gasteiger partial charge in [-0.25, -0.2) is 0 Å². The van der Waals surface area contributed by atoms with Crippen LogP contribution >= 0.6 is 0 Å². The summed E-state index contributed by atoms with van der Waals surface area (Å²) in [6.07, 6.45) is 1.57. The van der Waals surface area contributed by atoms with Crippen LogP contribution < -0.4 is 11.1 Å². The van der Waals surface area contributed by atoms with Crippen LogP contribution in [0.2, 0.25) is 0 Å². The zero-order chi connectivity index (χ0) is 15.4. The van der Waals surface area contributed by atoms with Crippen LogP contribution in [0.1, 0.15) is 33.6 Å². The summed E-state index contributed by atoms with van der Waals surface area (Å²) in [4.78, 5) is 11.1. The summed E-state index contributed by atoms with van der Waals surface area (Å²) in [5.41, 5.74) is 4.64. The number of hydrogen-bond acceptors (Lipinski definition) is 5. The van der Waals surface area contributed by atoms with Crippen molar-refractivity contribution in [1.29, 1.82) is 0 Å². The van der Waals surface area contributed by atoms with E-state index in [2.05, 4.69) is 12.2 Å². The number of nitrogens with one attached hydrogen (secondary N) is 1. The van der Waals surface area contributed by atoms with Gasteiger partial charge in [0.15, 0.2) is 0 Å². The van der Waals surface area contributed by atoms with E-state index in [1.54, 1.807) is 13.8 Å². The standard InChI is InChI=1S/C14H30N2O4/c1-4-5-6-19-7-8-20-10-12(17)9-16-11-14(2,3)13(15)18/h12,16-17H,4-11H2,1-3H3,(H2,15,18). The van der Waals surface area contributed by atoms with Gasteiger partial charge in [0.25, 0.3) is 0 Å². The molecule has 0 saturated carbocycles. The van der Waals surface area contributed by atoms with E-state index in [1.807, 2.05) is 0 Å². The lowest BCUT2D eigenvalue weighted by Gasteiger charge is -2.22. The van der Waals surface area contributed by atoms with E-state index in [4.69, 9.17) is 15.2 Å². The van der Waals surface area contributed by atoms with E-state index in [0.29, 0.717) is 26.3 Å². The van der Waals surface area contributed by atoms with Crippen LogP contribution in [0.4, 0.5) is 0 Å². The zero-order valence-electron chi connectivity index (χ0n) is 13.0. The molecule has 0 bridgehead atoms. The van der Waals surface area contributed by atoms with Crippen LogP contribution in [0, 0.1) is 5.41 Å². The summed E-state index contributed by atoms with van der Waals surface area (Å²) in [5, 5.41) is 12.7. The van der Waals surface area contributed by atoms with E-state index in [9.17, 15) is 9.90 Å². The quantitative estimate of drug-likeness (QED) is 0.424. The molecule has 20 heavy (non-hydrogen) atoms. The molecule has 0 aliphatic rings. The molecule has 0 rings (SSSR count). The highest BCUT2D eigenvalue weighted by Crippen LogP contribution is 2.11. The van der Waals surface area contributed by atoms with Gasteiger partial charge in [0.05, 0.1) is 31.3 Å². The van der Waals surface area contributed by atoms with Gasteiger partial charge in [0.1, 0.15) is 0 Å². The smallest absolute Gasteiger partial charge is 0.224 e. The van der Waals surface area contributed by atoms with Gasteiger partial charge in [-0.05, 0) is 20.3 Å². The SMILES string of the molecule is CCCCOCCOCC(O)CNCC(C)(C)C(N)=O. The van der Waals surface area contributed by atoms with E-state index in [1.165, 1.54) is 0 Å². The molecule has 0 heterocycles. The number of rotatable bonds is 13. The van der Waals surface area contributed by atoms with E-state index in [0.717, 1.165) is 19.4 Å². The van der Waals surface area contributed by atoms with Crippen molar-refractivity contribution in [3.05, 3.63) is 0 Å². The molecule has 0 aromatic carbocycles. The molecule has 0 aliphatic heterocycles. The summed E-state index contributed by atoms with van der Waals surface area (Å²) in [6, 6.07) is 0. The van der Waals surface area contributed by atoms with Crippen molar-refractivity contribution in [3.63, 3.8) is 0 Å². The van der Waals surface area contributed by atoms with Crippen LogP contribution in [-0.4, -0.2) is 56.6 Å². The third-order valence-corrected chi connectivity index (χ3v) is 2.94. The maximum absolute atomic E-state index is 11.1. The Hall–Kier alpha value is -0.690. The van der Waals surface area contributed by atoms with Crippen molar-refractivity contribution < 1.29 is 19.4 Å². The van der Waals surface area contributed by atoms with Gasteiger partial charge in [-0.3, -0.25) is 4.79 Å². The molecule has 0 radical (unpaired) electrons. The maximum Gasteiger partial charge on any atom is 0.224 e. The van der Waals surface area contributed by atoms with Crippen LogP contribution in [0.15, 0.2) is 0 Å². The first-order chi connectivity index (χ1) is 9.40. The van der Waals surface area contributed by atoms with Crippen molar-refractivity contribution in [2.45, 2.75) is 39.7 Å². The predicted molar refractivity (Wildman–Crippen MR) is 78.4 cm³/mol. The summed E-state index contributed by atoms with van der Waals surface area (Å²) < 4.78 is 10.6. The number of amides is 1. The van der Waals surface area contributed by atoms with Gasteiger partial charge in [-0.1, -0.05) is 13.3 Å². The molecule has 1 amide bonds. The molecule has 1 unspecified atom stereocenters. The van der Waals surface area contributed by atoms with Crippen molar-refractivity contribution in [2.24, 2.45) is 11.1 Å². The second-order valence-corrected chi connectivity index (χ2v) is 5.57. The molecule has 1 atom stereocenters. The molecule has 0 spiro atoms. The molecule has 0 saturated heterocycles. The molecular weight excluding hydrogens is 260 g/mol. The Balaban J connectivity index is 3.46. The lowest BCUT2D eigenvalue weighted by atomic mass is 9.93. The summed E-state index contributed by atoms with van der Waals surface area (Å²) in [6.45, 7) is 8.48. The number of aliphatic hydroxyl groups is 1. The minimum absolute atomic E-state index is 0.251. The molecule has 120 valence electrons. The van der Waals surface area contributed by atoms with Gasteiger partial charge < -0.3 is 25.6 Å². The number of ether oxygens (including phenoxy) is 2. The highest BCUT2D eigenvalue weighted by molar-refractivity contribution is 5.80. The van der Waals surface area contributed by atoms with E-state index < -0.39 is 11.5 Å². The number of primary amides is 1. The van der Waals surface area contributed by atoms with Crippen molar-refractivity contribution in [2.75, 3.05) is 39.5 Å². The van der Waals surface area contributed by atoms with Gasteiger partial charge in [-0.2, -0.15) is 0 Å². The van der Waals surface area contributed by atoms with Crippen LogP contribution in [0.25, 0.3) is 0 Å². The molecule has 0 aromatic heterocycles. The number of carbonyl (C=O) groups excluding carboxylic acids is 1. The molecule has 6 nitrogen and oxygen atoms in total. The van der Waals surface area contributed by atoms with Crippen LogP contribution in [0.5, 0.6) is 0 Å². The fourth-order valence-corrected chi connectivity index (χ4v) is 1.38. The highest BCUT2D eigenvalue weighted by Gasteiger charge is 2.24. The predicted octanol–water partition coefficient (Wildman–Crippen LogP) is 0.282. The van der Waals surface area contributed by atoms with Crippen LogP contribution in [0.3, 0.4) is 0 Å². The summed E-state index contributed by atoms with van der Waals surface area (Å²) in [7, 11) is 0. The van der Waals surface area contributed by atoms with Gasteiger partial charge in [0.2, 0.25) is 5.91 Å². The van der Waals surface area contributed by atoms with Crippen molar-refractivity contribution in [1.82, 2.24) is 5.32 Å². The maximum atomic E-state index is 11.1. The van der Waals surface area contributed by atoms with Crippen molar-refractivity contribution >= 4 is 5.91 Å². The normalized spacial score (nSPS) is 13.4. The zero-order valence-corrected chi connectivity index (χ0v) is 13.0. The van der Waals surface area contributed by atoms with Crippen molar-refractivity contribution in [3.8, 4) is 0 Å². The first kappa shape index (κ1) is 19.3.